The minimum absolute atomic E-state index is 0.0481. The number of ketones is 1. The molecular weight excluding hydrogens is 290 g/mol. The first kappa shape index (κ1) is 15.8. The van der Waals surface area contributed by atoms with Gasteiger partial charge < -0.3 is 9.15 Å². The molecular formula is C19H23NO3. The molecule has 0 aliphatic carbocycles. The monoisotopic (exact) mass is 313 g/mol. The van der Waals surface area contributed by atoms with E-state index in [1.165, 1.54) is 0 Å². The lowest BCUT2D eigenvalue weighted by atomic mass is 9.90. The van der Waals surface area contributed by atoms with Gasteiger partial charge in [0.1, 0.15) is 17.3 Å². The first-order chi connectivity index (χ1) is 11.2. The fourth-order valence-corrected chi connectivity index (χ4v) is 3.22. The van der Waals surface area contributed by atoms with Gasteiger partial charge in [-0.25, -0.2) is 0 Å². The molecule has 4 nitrogen and oxygen atoms in total. The number of piperidine rings is 1. The highest BCUT2D eigenvalue weighted by Gasteiger charge is 2.27. The number of carbonyl (C=O) groups excluding carboxylic acids is 1. The highest BCUT2D eigenvalue weighted by atomic mass is 16.5. The Bertz CT molecular complexity index is 677. The summed E-state index contributed by atoms with van der Waals surface area (Å²) in [7, 11) is 1.62. The quantitative estimate of drug-likeness (QED) is 0.790. The number of furan rings is 1. The molecule has 1 saturated heterocycles. The normalized spacial score (nSPS) is 18.8. The predicted octanol–water partition coefficient (Wildman–Crippen LogP) is 3.69. The van der Waals surface area contributed by atoms with Gasteiger partial charge >= 0.3 is 0 Å². The van der Waals surface area contributed by atoms with Crippen molar-refractivity contribution in [1.82, 2.24) is 4.90 Å². The van der Waals surface area contributed by atoms with Gasteiger partial charge in [0, 0.05) is 18.0 Å². The molecule has 1 aromatic carbocycles. The maximum absolute atomic E-state index is 12.8. The van der Waals surface area contributed by atoms with Crippen LogP contribution in [0.3, 0.4) is 0 Å². The summed E-state index contributed by atoms with van der Waals surface area (Å²) < 4.78 is 10.9. The largest absolute Gasteiger partial charge is 0.497 e. The summed E-state index contributed by atoms with van der Waals surface area (Å²) in [5.41, 5.74) is 0.741. The van der Waals surface area contributed by atoms with E-state index < -0.39 is 0 Å². The van der Waals surface area contributed by atoms with Crippen molar-refractivity contribution in [2.24, 2.45) is 5.92 Å². The number of ether oxygens (including phenoxy) is 1. The Morgan fingerprint density at radius 3 is 2.96 bits per heavy atom. The zero-order valence-corrected chi connectivity index (χ0v) is 13.7. The summed E-state index contributed by atoms with van der Waals surface area (Å²) in [6.45, 7) is 4.53. The van der Waals surface area contributed by atoms with Crippen LogP contribution in [-0.2, 0) is 6.54 Å². The second-order valence-corrected chi connectivity index (χ2v) is 6.18. The average molecular weight is 313 g/mol. The summed E-state index contributed by atoms with van der Waals surface area (Å²) in [6, 6.07) is 11.4. The molecule has 1 aliphatic rings. The Morgan fingerprint density at radius 1 is 1.35 bits per heavy atom. The van der Waals surface area contributed by atoms with Gasteiger partial charge in [0.25, 0.3) is 0 Å². The molecule has 1 unspecified atom stereocenters. The minimum Gasteiger partial charge on any atom is -0.497 e. The predicted molar refractivity (Wildman–Crippen MR) is 88.8 cm³/mol. The van der Waals surface area contributed by atoms with E-state index in [1.807, 2.05) is 43.3 Å². The van der Waals surface area contributed by atoms with Gasteiger partial charge in [-0.1, -0.05) is 12.1 Å². The van der Waals surface area contributed by atoms with E-state index in [2.05, 4.69) is 4.90 Å². The van der Waals surface area contributed by atoms with Crippen molar-refractivity contribution in [3.63, 3.8) is 0 Å². The zero-order chi connectivity index (χ0) is 16.2. The summed E-state index contributed by atoms with van der Waals surface area (Å²) in [5.74, 6) is 2.89. The van der Waals surface area contributed by atoms with E-state index in [-0.39, 0.29) is 11.7 Å². The van der Waals surface area contributed by atoms with E-state index in [0.29, 0.717) is 0 Å². The van der Waals surface area contributed by atoms with Crippen molar-refractivity contribution in [1.29, 1.82) is 0 Å². The van der Waals surface area contributed by atoms with Gasteiger partial charge in [-0.2, -0.15) is 0 Å². The van der Waals surface area contributed by atoms with Crippen LogP contribution >= 0.6 is 0 Å². The van der Waals surface area contributed by atoms with Crippen molar-refractivity contribution in [2.45, 2.75) is 26.3 Å². The smallest absolute Gasteiger partial charge is 0.167 e. The number of methoxy groups -OCH3 is 1. The number of nitrogens with zero attached hydrogens (tertiary/aromatic N) is 1. The maximum atomic E-state index is 12.8. The highest BCUT2D eigenvalue weighted by Crippen LogP contribution is 2.24. The molecule has 0 N–H and O–H groups in total. The number of likely N-dealkylation sites (tertiary alicyclic amines) is 1. The SMILES string of the molecule is COc1cccc(C(=O)C2CCCN(Cc3ccc(C)o3)C2)c1. The number of hydrogen-bond donors (Lipinski definition) is 0. The van der Waals surface area contributed by atoms with E-state index in [9.17, 15) is 4.79 Å². The van der Waals surface area contributed by atoms with Gasteiger partial charge in [0.15, 0.2) is 5.78 Å². The maximum Gasteiger partial charge on any atom is 0.167 e. The molecule has 23 heavy (non-hydrogen) atoms. The van der Waals surface area contributed by atoms with Gasteiger partial charge in [-0.15, -0.1) is 0 Å². The van der Waals surface area contributed by atoms with Crippen molar-refractivity contribution >= 4 is 5.78 Å². The molecule has 122 valence electrons. The van der Waals surface area contributed by atoms with Gasteiger partial charge in [-0.3, -0.25) is 9.69 Å². The summed E-state index contributed by atoms with van der Waals surface area (Å²) in [4.78, 5) is 15.1. The summed E-state index contributed by atoms with van der Waals surface area (Å²) in [6.07, 6.45) is 1.99. The molecule has 4 heteroatoms. The molecule has 2 aromatic rings. The highest BCUT2D eigenvalue weighted by molar-refractivity contribution is 5.98. The molecule has 0 saturated carbocycles. The fraction of sp³-hybridized carbons (Fsp3) is 0.421. The van der Waals surface area contributed by atoms with Crippen LogP contribution < -0.4 is 4.74 Å². The standard InChI is InChI=1S/C19H23NO3/c1-14-8-9-18(23-14)13-20-10-4-6-16(12-20)19(21)15-5-3-7-17(11-15)22-2/h3,5,7-9,11,16H,4,6,10,12-13H2,1-2H3. The third kappa shape index (κ3) is 3.82. The fourth-order valence-electron chi connectivity index (χ4n) is 3.22. The first-order valence-corrected chi connectivity index (χ1v) is 8.11. The van der Waals surface area contributed by atoms with Crippen LogP contribution in [0.1, 0.15) is 34.7 Å². The van der Waals surface area contributed by atoms with Crippen molar-refractivity contribution in [3.8, 4) is 5.75 Å². The van der Waals surface area contributed by atoms with Crippen molar-refractivity contribution in [3.05, 3.63) is 53.5 Å². The second kappa shape index (κ2) is 7.01. The van der Waals surface area contributed by atoms with Crippen LogP contribution in [0.25, 0.3) is 0 Å². The Morgan fingerprint density at radius 2 is 2.22 bits per heavy atom. The Kier molecular flexibility index (Phi) is 4.82. The number of carbonyl (C=O) groups is 1. The average Bonchev–Trinajstić information content (AvgIpc) is 2.99. The number of benzene rings is 1. The first-order valence-electron chi connectivity index (χ1n) is 8.11. The van der Waals surface area contributed by atoms with Crippen LogP contribution in [0.5, 0.6) is 5.75 Å². The van der Waals surface area contributed by atoms with Crippen LogP contribution in [0.15, 0.2) is 40.8 Å². The van der Waals surface area contributed by atoms with E-state index in [4.69, 9.17) is 9.15 Å². The third-order valence-electron chi connectivity index (χ3n) is 4.41. The van der Waals surface area contributed by atoms with E-state index >= 15 is 0 Å². The van der Waals surface area contributed by atoms with E-state index in [0.717, 1.165) is 55.3 Å². The Balaban J connectivity index is 1.66. The summed E-state index contributed by atoms with van der Waals surface area (Å²) in [5, 5.41) is 0. The van der Waals surface area contributed by atoms with Gasteiger partial charge in [0.2, 0.25) is 0 Å². The van der Waals surface area contributed by atoms with Crippen molar-refractivity contribution < 1.29 is 13.9 Å². The molecule has 3 rings (SSSR count). The molecule has 0 radical (unpaired) electrons. The van der Waals surface area contributed by atoms with Crippen LogP contribution in [0.2, 0.25) is 0 Å². The Labute approximate surface area is 137 Å². The van der Waals surface area contributed by atoms with Gasteiger partial charge in [-0.05, 0) is 50.6 Å². The lowest BCUT2D eigenvalue weighted by Crippen LogP contribution is -2.38. The lowest BCUT2D eigenvalue weighted by Gasteiger charge is -2.31. The lowest BCUT2D eigenvalue weighted by molar-refractivity contribution is 0.0802. The van der Waals surface area contributed by atoms with E-state index in [1.54, 1.807) is 7.11 Å². The molecule has 2 heterocycles. The number of rotatable bonds is 5. The number of hydrogen-bond acceptors (Lipinski definition) is 4. The molecule has 0 spiro atoms. The topological polar surface area (TPSA) is 42.7 Å². The number of aryl methyl sites for hydroxylation is 1. The molecule has 1 aliphatic heterocycles. The second-order valence-electron chi connectivity index (χ2n) is 6.18. The molecule has 1 aromatic heterocycles. The molecule has 0 bridgehead atoms. The van der Waals surface area contributed by atoms with Crippen LogP contribution in [0.4, 0.5) is 0 Å². The third-order valence-corrected chi connectivity index (χ3v) is 4.41. The zero-order valence-electron chi connectivity index (χ0n) is 13.7. The van der Waals surface area contributed by atoms with Crippen LogP contribution in [-0.4, -0.2) is 30.9 Å². The minimum atomic E-state index is 0.0481. The van der Waals surface area contributed by atoms with Crippen LogP contribution in [0, 0.1) is 12.8 Å². The van der Waals surface area contributed by atoms with Crippen molar-refractivity contribution in [2.75, 3.05) is 20.2 Å². The Hall–Kier alpha value is -2.07. The molecule has 0 amide bonds. The number of Topliss-reactive ketones (excluding diaryl/α,β-unsaturated/α-hetero) is 1. The molecule has 1 atom stereocenters. The summed E-state index contributed by atoms with van der Waals surface area (Å²) >= 11 is 0. The molecule has 1 fully saturated rings. The van der Waals surface area contributed by atoms with Gasteiger partial charge in [0.05, 0.1) is 13.7 Å².